The van der Waals surface area contributed by atoms with Crippen LogP contribution in [0.3, 0.4) is 0 Å². The maximum absolute atomic E-state index is 13.1. The van der Waals surface area contributed by atoms with Gasteiger partial charge in [0.15, 0.2) is 0 Å². The van der Waals surface area contributed by atoms with Gasteiger partial charge in [-0.3, -0.25) is 0 Å². The molecule has 0 spiro atoms. The van der Waals surface area contributed by atoms with Crippen molar-refractivity contribution >= 4 is 27.4 Å². The molecule has 1 N–H and O–H groups in total. The molecule has 5 heteroatoms. The van der Waals surface area contributed by atoms with Crippen molar-refractivity contribution in [2.24, 2.45) is 0 Å². The van der Waals surface area contributed by atoms with E-state index in [-0.39, 0.29) is 15.0 Å². The molecule has 0 saturated heterocycles. The van der Waals surface area contributed by atoms with Gasteiger partial charge in [0.05, 0.1) is 4.70 Å². The van der Waals surface area contributed by atoms with E-state index in [0.717, 1.165) is 23.5 Å². The number of fused-ring (bicyclic) bond motifs is 1. The summed E-state index contributed by atoms with van der Waals surface area (Å²) in [5.41, 5.74) is 0. The summed E-state index contributed by atoms with van der Waals surface area (Å²) in [5, 5.41) is 8.92. The molecule has 72 valence electrons. The van der Waals surface area contributed by atoms with E-state index in [9.17, 15) is 13.6 Å². The van der Waals surface area contributed by atoms with Crippen LogP contribution in [-0.2, 0) is 0 Å². The summed E-state index contributed by atoms with van der Waals surface area (Å²) < 4.78 is 26.0. The summed E-state index contributed by atoms with van der Waals surface area (Å²) in [5.74, 6) is -2.56. The predicted octanol–water partition coefficient (Wildman–Crippen LogP) is 2.88. The quantitative estimate of drug-likeness (QED) is 0.792. The Labute approximate surface area is 81.4 Å². The Kier molecular flexibility index (Phi) is 1.96. The second-order valence-corrected chi connectivity index (χ2v) is 3.77. The van der Waals surface area contributed by atoms with Gasteiger partial charge in [-0.1, -0.05) is 0 Å². The Hall–Kier alpha value is -1.49. The van der Waals surface area contributed by atoms with Crippen LogP contribution in [0.5, 0.6) is 0 Å². The standard InChI is InChI=1S/C9H4F2O2S/c10-5-1-4-2-7(9(12)13)14-8(4)6(11)3-5/h1-3H,(H,12,13). The molecule has 2 rings (SSSR count). The van der Waals surface area contributed by atoms with E-state index in [1.54, 1.807) is 0 Å². The number of benzene rings is 1. The van der Waals surface area contributed by atoms with Crippen LogP contribution < -0.4 is 0 Å². The highest BCUT2D eigenvalue weighted by Gasteiger charge is 2.12. The topological polar surface area (TPSA) is 37.3 Å². The number of carbonyl (C=O) groups is 1. The van der Waals surface area contributed by atoms with E-state index in [4.69, 9.17) is 5.11 Å². The molecule has 0 amide bonds. The molecule has 0 radical (unpaired) electrons. The molecule has 1 heterocycles. The Bertz CT molecular complexity index is 519. The highest BCUT2D eigenvalue weighted by Crippen LogP contribution is 2.28. The summed E-state index contributed by atoms with van der Waals surface area (Å²) in [6, 6.07) is 3.11. The van der Waals surface area contributed by atoms with Gasteiger partial charge in [-0.2, -0.15) is 0 Å². The minimum Gasteiger partial charge on any atom is -0.477 e. The lowest BCUT2D eigenvalue weighted by Gasteiger charge is -1.91. The smallest absolute Gasteiger partial charge is 0.345 e. The Morgan fingerprint density at radius 3 is 2.64 bits per heavy atom. The molecule has 1 aromatic carbocycles. The lowest BCUT2D eigenvalue weighted by molar-refractivity contribution is 0.0702. The lowest BCUT2D eigenvalue weighted by atomic mass is 10.2. The van der Waals surface area contributed by atoms with E-state index < -0.39 is 17.6 Å². The largest absolute Gasteiger partial charge is 0.477 e. The monoisotopic (exact) mass is 214 g/mol. The van der Waals surface area contributed by atoms with Crippen molar-refractivity contribution in [1.82, 2.24) is 0 Å². The predicted molar refractivity (Wildman–Crippen MR) is 48.7 cm³/mol. The van der Waals surface area contributed by atoms with E-state index in [1.165, 1.54) is 6.07 Å². The first-order chi connectivity index (χ1) is 6.58. The summed E-state index contributed by atoms with van der Waals surface area (Å²) in [6.45, 7) is 0. The molecule has 0 bridgehead atoms. The van der Waals surface area contributed by atoms with Gasteiger partial charge in [0.2, 0.25) is 0 Å². The molecular weight excluding hydrogens is 210 g/mol. The summed E-state index contributed by atoms with van der Waals surface area (Å²) in [6.07, 6.45) is 0. The minimum absolute atomic E-state index is 0.00417. The number of carboxylic acid groups (broad SMARTS) is 1. The number of aromatic carboxylic acids is 1. The van der Waals surface area contributed by atoms with E-state index in [2.05, 4.69) is 0 Å². The molecule has 0 unspecified atom stereocenters. The average Bonchev–Trinajstić information content (AvgIpc) is 2.47. The lowest BCUT2D eigenvalue weighted by Crippen LogP contribution is -1.89. The van der Waals surface area contributed by atoms with Gasteiger partial charge in [0.25, 0.3) is 0 Å². The molecule has 0 fully saturated rings. The minimum atomic E-state index is -1.13. The van der Waals surface area contributed by atoms with Crippen molar-refractivity contribution in [1.29, 1.82) is 0 Å². The zero-order valence-corrected chi connectivity index (χ0v) is 7.57. The molecular formula is C9H4F2O2S. The van der Waals surface area contributed by atoms with Gasteiger partial charge >= 0.3 is 5.97 Å². The number of halogens is 2. The zero-order chi connectivity index (χ0) is 10.3. The fourth-order valence-electron chi connectivity index (χ4n) is 1.18. The van der Waals surface area contributed by atoms with Crippen LogP contribution >= 0.6 is 11.3 Å². The third-order valence-corrected chi connectivity index (χ3v) is 2.89. The summed E-state index contributed by atoms with van der Waals surface area (Å²) in [4.78, 5) is 10.6. The molecule has 0 aliphatic heterocycles. The number of hydrogen-bond acceptors (Lipinski definition) is 2. The number of carboxylic acids is 1. The van der Waals surface area contributed by atoms with Crippen molar-refractivity contribution in [3.05, 3.63) is 34.7 Å². The van der Waals surface area contributed by atoms with Gasteiger partial charge in [0.1, 0.15) is 16.5 Å². The van der Waals surface area contributed by atoms with Crippen molar-refractivity contribution < 1.29 is 18.7 Å². The summed E-state index contributed by atoms with van der Waals surface area (Å²) in [7, 11) is 0. The van der Waals surface area contributed by atoms with Gasteiger partial charge < -0.3 is 5.11 Å². The molecule has 0 atom stereocenters. The van der Waals surface area contributed by atoms with E-state index >= 15 is 0 Å². The van der Waals surface area contributed by atoms with E-state index in [1.807, 2.05) is 0 Å². The van der Waals surface area contributed by atoms with Crippen molar-refractivity contribution in [3.63, 3.8) is 0 Å². The third kappa shape index (κ3) is 1.35. The highest BCUT2D eigenvalue weighted by molar-refractivity contribution is 7.20. The molecule has 0 aliphatic rings. The molecule has 14 heavy (non-hydrogen) atoms. The second-order valence-electron chi connectivity index (χ2n) is 2.72. The molecule has 0 aliphatic carbocycles. The number of rotatable bonds is 1. The Balaban J connectivity index is 2.76. The zero-order valence-electron chi connectivity index (χ0n) is 6.75. The second kappa shape index (κ2) is 3.02. The SMILES string of the molecule is O=C(O)c1cc2cc(F)cc(F)c2s1. The van der Waals surface area contributed by atoms with Crippen molar-refractivity contribution in [2.75, 3.05) is 0 Å². The third-order valence-electron chi connectivity index (χ3n) is 1.75. The number of hydrogen-bond donors (Lipinski definition) is 1. The van der Waals surface area contributed by atoms with Crippen LogP contribution in [0.15, 0.2) is 18.2 Å². The number of thiophene rings is 1. The molecule has 1 aromatic heterocycles. The maximum Gasteiger partial charge on any atom is 0.345 e. The van der Waals surface area contributed by atoms with Gasteiger partial charge in [-0.05, 0) is 17.5 Å². The highest BCUT2D eigenvalue weighted by atomic mass is 32.1. The van der Waals surface area contributed by atoms with Crippen molar-refractivity contribution in [2.45, 2.75) is 0 Å². The van der Waals surface area contributed by atoms with Crippen molar-refractivity contribution in [3.8, 4) is 0 Å². The average molecular weight is 214 g/mol. The van der Waals surface area contributed by atoms with Crippen LogP contribution in [0.4, 0.5) is 8.78 Å². The molecule has 2 aromatic rings. The normalized spacial score (nSPS) is 10.7. The molecule has 0 saturated carbocycles. The Morgan fingerprint density at radius 1 is 1.29 bits per heavy atom. The Morgan fingerprint density at radius 2 is 2.00 bits per heavy atom. The van der Waals surface area contributed by atoms with Gasteiger partial charge in [-0.15, -0.1) is 11.3 Å². The molecule has 2 nitrogen and oxygen atoms in total. The van der Waals surface area contributed by atoms with Crippen LogP contribution in [0.25, 0.3) is 10.1 Å². The van der Waals surface area contributed by atoms with Gasteiger partial charge in [0, 0.05) is 6.07 Å². The van der Waals surface area contributed by atoms with Crippen LogP contribution in [0.2, 0.25) is 0 Å². The van der Waals surface area contributed by atoms with Crippen LogP contribution in [-0.4, -0.2) is 11.1 Å². The first-order valence-electron chi connectivity index (χ1n) is 3.70. The first kappa shape index (κ1) is 9.08. The van der Waals surface area contributed by atoms with E-state index in [0.29, 0.717) is 0 Å². The van der Waals surface area contributed by atoms with Crippen LogP contribution in [0, 0.1) is 11.6 Å². The van der Waals surface area contributed by atoms with Gasteiger partial charge in [-0.25, -0.2) is 13.6 Å². The fourth-order valence-corrected chi connectivity index (χ4v) is 2.07. The van der Waals surface area contributed by atoms with Crippen LogP contribution in [0.1, 0.15) is 9.67 Å². The first-order valence-corrected chi connectivity index (χ1v) is 4.51. The maximum atomic E-state index is 13.1. The summed E-state index contributed by atoms with van der Waals surface area (Å²) >= 11 is 0.799. The fraction of sp³-hybridized carbons (Fsp3) is 0.